The molecule has 28 heavy (non-hydrogen) atoms. The number of ether oxygens (including phenoxy) is 1. The molecule has 8 nitrogen and oxygen atoms in total. The molecule has 0 radical (unpaired) electrons. The van der Waals surface area contributed by atoms with Gasteiger partial charge >= 0.3 is 0 Å². The number of benzene rings is 1. The topological polar surface area (TPSA) is 95.1 Å². The van der Waals surface area contributed by atoms with Crippen molar-refractivity contribution in [2.24, 2.45) is 0 Å². The van der Waals surface area contributed by atoms with E-state index in [0.29, 0.717) is 29.0 Å². The van der Waals surface area contributed by atoms with Crippen LogP contribution in [0.5, 0.6) is 11.6 Å². The van der Waals surface area contributed by atoms with Crippen LogP contribution >= 0.6 is 0 Å². The van der Waals surface area contributed by atoms with Gasteiger partial charge in [0.15, 0.2) is 5.76 Å². The van der Waals surface area contributed by atoms with Crippen LogP contribution in [0.2, 0.25) is 0 Å². The molecular formula is C20H17N5O3. The lowest BCUT2D eigenvalue weighted by molar-refractivity contribution is 0.0996. The summed E-state index contributed by atoms with van der Waals surface area (Å²) in [7, 11) is 0. The molecule has 0 aliphatic heterocycles. The first-order chi connectivity index (χ1) is 13.6. The van der Waals surface area contributed by atoms with Crippen LogP contribution in [0.1, 0.15) is 22.2 Å². The summed E-state index contributed by atoms with van der Waals surface area (Å²) in [5.74, 6) is 3.03. The number of hydrogen-bond donors (Lipinski definition) is 1. The molecule has 0 spiro atoms. The fourth-order valence-corrected chi connectivity index (χ4v) is 2.65. The Morgan fingerprint density at radius 2 is 1.96 bits per heavy atom. The molecule has 8 heteroatoms. The molecule has 0 aliphatic carbocycles. The van der Waals surface area contributed by atoms with E-state index >= 15 is 0 Å². The van der Waals surface area contributed by atoms with E-state index < -0.39 is 0 Å². The second kappa shape index (κ2) is 7.36. The summed E-state index contributed by atoms with van der Waals surface area (Å²) < 4.78 is 12.8. The van der Waals surface area contributed by atoms with E-state index in [1.54, 1.807) is 55.6 Å². The quantitative estimate of drug-likeness (QED) is 0.568. The van der Waals surface area contributed by atoms with Crippen LogP contribution in [0.25, 0.3) is 5.82 Å². The first-order valence-electron chi connectivity index (χ1n) is 8.57. The molecule has 0 saturated heterocycles. The predicted molar refractivity (Wildman–Crippen MR) is 102 cm³/mol. The molecule has 1 amide bonds. The molecule has 0 bridgehead atoms. The first kappa shape index (κ1) is 17.5. The first-order valence-corrected chi connectivity index (χ1v) is 8.57. The van der Waals surface area contributed by atoms with Crippen molar-refractivity contribution in [3.63, 3.8) is 0 Å². The number of aromatic nitrogens is 4. The van der Waals surface area contributed by atoms with E-state index in [9.17, 15) is 4.79 Å². The molecule has 1 aromatic carbocycles. The normalized spacial score (nSPS) is 10.6. The zero-order valence-electron chi connectivity index (χ0n) is 15.3. The van der Waals surface area contributed by atoms with E-state index in [4.69, 9.17) is 9.15 Å². The van der Waals surface area contributed by atoms with Gasteiger partial charge in [-0.2, -0.15) is 4.98 Å². The zero-order chi connectivity index (χ0) is 19.5. The van der Waals surface area contributed by atoms with Gasteiger partial charge in [0.05, 0.1) is 6.26 Å². The highest BCUT2D eigenvalue weighted by Gasteiger charge is 2.10. The fraction of sp³-hybridized carbons (Fsp3) is 0.100. The van der Waals surface area contributed by atoms with Crippen molar-refractivity contribution in [3.05, 3.63) is 78.5 Å². The second-order valence-corrected chi connectivity index (χ2v) is 6.01. The van der Waals surface area contributed by atoms with Crippen LogP contribution in [0.15, 0.2) is 65.5 Å². The highest BCUT2D eigenvalue weighted by atomic mass is 16.5. The number of anilines is 1. The number of nitrogens with one attached hydrogen (secondary N) is 1. The number of furan rings is 1. The van der Waals surface area contributed by atoms with Gasteiger partial charge in [-0.05, 0) is 50.2 Å². The molecule has 140 valence electrons. The van der Waals surface area contributed by atoms with Crippen molar-refractivity contribution in [3.8, 4) is 17.4 Å². The van der Waals surface area contributed by atoms with Gasteiger partial charge in [-0.25, -0.2) is 9.97 Å². The van der Waals surface area contributed by atoms with Gasteiger partial charge in [-0.1, -0.05) is 0 Å². The molecule has 0 atom stereocenters. The van der Waals surface area contributed by atoms with Crippen molar-refractivity contribution in [2.75, 3.05) is 5.32 Å². The molecule has 0 fully saturated rings. The van der Waals surface area contributed by atoms with Crippen LogP contribution in [0.4, 0.5) is 5.69 Å². The smallest absolute Gasteiger partial charge is 0.291 e. The Labute approximate surface area is 160 Å². The highest BCUT2D eigenvalue weighted by molar-refractivity contribution is 6.02. The summed E-state index contributed by atoms with van der Waals surface area (Å²) in [6.45, 7) is 3.70. The number of imidazole rings is 1. The third kappa shape index (κ3) is 3.75. The van der Waals surface area contributed by atoms with Crippen LogP contribution < -0.4 is 10.1 Å². The average Bonchev–Trinajstić information content (AvgIpc) is 3.34. The molecule has 4 rings (SSSR count). The van der Waals surface area contributed by atoms with E-state index in [1.165, 1.54) is 6.26 Å². The Balaban J connectivity index is 1.49. The lowest BCUT2D eigenvalue weighted by Gasteiger charge is -2.10. The third-order valence-electron chi connectivity index (χ3n) is 3.95. The summed E-state index contributed by atoms with van der Waals surface area (Å²) in [6, 6.07) is 12.0. The number of nitrogens with zero attached hydrogens (tertiary/aromatic N) is 4. The average molecular weight is 375 g/mol. The highest BCUT2D eigenvalue weighted by Crippen LogP contribution is 2.23. The number of aryl methyl sites for hydroxylation is 2. The summed E-state index contributed by atoms with van der Waals surface area (Å²) in [5.41, 5.74) is 0.627. The molecule has 3 heterocycles. The molecule has 0 unspecified atom stereocenters. The Morgan fingerprint density at radius 1 is 1.14 bits per heavy atom. The van der Waals surface area contributed by atoms with Gasteiger partial charge in [0.1, 0.15) is 23.2 Å². The largest absolute Gasteiger partial charge is 0.459 e. The second-order valence-electron chi connectivity index (χ2n) is 6.01. The van der Waals surface area contributed by atoms with E-state index in [1.807, 2.05) is 17.7 Å². The number of carbonyl (C=O) groups excluding carboxylic acids is 1. The van der Waals surface area contributed by atoms with Gasteiger partial charge < -0.3 is 14.5 Å². The van der Waals surface area contributed by atoms with Crippen molar-refractivity contribution in [1.29, 1.82) is 0 Å². The van der Waals surface area contributed by atoms with Crippen LogP contribution in [-0.4, -0.2) is 25.4 Å². The zero-order valence-corrected chi connectivity index (χ0v) is 15.3. The monoisotopic (exact) mass is 375 g/mol. The fourth-order valence-electron chi connectivity index (χ4n) is 2.65. The third-order valence-corrected chi connectivity index (χ3v) is 3.95. The Bertz CT molecular complexity index is 1100. The predicted octanol–water partition coefficient (Wildman–Crippen LogP) is 3.92. The molecule has 0 aliphatic rings. The SMILES string of the molecule is Cc1nc(Oc2ccc(NC(=O)c3ccco3)cc2)cc(-n2ccnc2C)n1. The van der Waals surface area contributed by atoms with Crippen molar-refractivity contribution in [1.82, 2.24) is 19.5 Å². The minimum absolute atomic E-state index is 0.249. The van der Waals surface area contributed by atoms with Gasteiger partial charge in [0.25, 0.3) is 5.91 Å². The number of rotatable bonds is 5. The minimum Gasteiger partial charge on any atom is -0.459 e. The van der Waals surface area contributed by atoms with Gasteiger partial charge in [-0.15, -0.1) is 0 Å². The maximum atomic E-state index is 12.0. The maximum absolute atomic E-state index is 12.0. The van der Waals surface area contributed by atoms with E-state index in [2.05, 4.69) is 20.3 Å². The number of carbonyl (C=O) groups is 1. The number of amides is 1. The van der Waals surface area contributed by atoms with Crippen molar-refractivity contribution in [2.45, 2.75) is 13.8 Å². The van der Waals surface area contributed by atoms with Crippen molar-refractivity contribution < 1.29 is 13.9 Å². The van der Waals surface area contributed by atoms with Gasteiger partial charge in [-0.3, -0.25) is 9.36 Å². The summed E-state index contributed by atoms with van der Waals surface area (Å²) >= 11 is 0. The lowest BCUT2D eigenvalue weighted by Crippen LogP contribution is -2.10. The molecule has 1 N–H and O–H groups in total. The summed E-state index contributed by atoms with van der Waals surface area (Å²) in [4.78, 5) is 25.0. The molecular weight excluding hydrogens is 358 g/mol. The molecule has 4 aromatic rings. The number of hydrogen-bond acceptors (Lipinski definition) is 6. The molecule has 0 saturated carbocycles. The maximum Gasteiger partial charge on any atom is 0.291 e. The minimum atomic E-state index is -0.314. The van der Waals surface area contributed by atoms with E-state index in [0.717, 1.165) is 5.82 Å². The molecule has 3 aromatic heterocycles. The Hall–Kier alpha value is -3.94. The van der Waals surface area contributed by atoms with Crippen molar-refractivity contribution >= 4 is 11.6 Å². The Kier molecular flexibility index (Phi) is 4.59. The van der Waals surface area contributed by atoms with E-state index in [-0.39, 0.29) is 11.7 Å². The van der Waals surface area contributed by atoms with Gasteiger partial charge in [0, 0.05) is 24.1 Å². The summed E-state index contributed by atoms with van der Waals surface area (Å²) in [5, 5.41) is 2.75. The van der Waals surface area contributed by atoms with Crippen LogP contribution in [-0.2, 0) is 0 Å². The summed E-state index contributed by atoms with van der Waals surface area (Å²) in [6.07, 6.45) is 5.00. The lowest BCUT2D eigenvalue weighted by atomic mass is 10.3. The standard InChI is InChI=1S/C20H17N5O3/c1-13-22-18(25-10-9-21-14(25)2)12-19(23-13)28-16-7-5-15(6-8-16)24-20(26)17-4-3-11-27-17/h3-12H,1-2H3,(H,24,26). The van der Waals surface area contributed by atoms with Gasteiger partial charge in [0.2, 0.25) is 5.88 Å². The van der Waals surface area contributed by atoms with Crippen LogP contribution in [0, 0.1) is 13.8 Å². The van der Waals surface area contributed by atoms with Crippen LogP contribution in [0.3, 0.4) is 0 Å². The Morgan fingerprint density at radius 3 is 2.64 bits per heavy atom.